The number of aliphatic hydroxyl groups is 1. The molecule has 1 amide bonds. The summed E-state index contributed by atoms with van der Waals surface area (Å²) < 4.78 is 13.5. The first-order chi connectivity index (χ1) is 14.6. The van der Waals surface area contributed by atoms with Gasteiger partial charge in [0.15, 0.2) is 0 Å². The predicted octanol–water partition coefficient (Wildman–Crippen LogP) is 2.15. The summed E-state index contributed by atoms with van der Waals surface area (Å²) in [4.78, 5) is 29.5. The summed E-state index contributed by atoms with van der Waals surface area (Å²) in [5.41, 5.74) is 1.09. The molecule has 156 valence electrons. The van der Waals surface area contributed by atoms with Crippen molar-refractivity contribution >= 4 is 17.4 Å². The number of Topliss-reactive ketones (excluding diaryl/α,β-unsaturated/α-hetero) is 1. The van der Waals surface area contributed by atoms with E-state index in [4.69, 9.17) is 0 Å². The van der Waals surface area contributed by atoms with Crippen LogP contribution in [-0.4, -0.2) is 65.9 Å². The number of carbonyl (C=O) groups is 2. The van der Waals surface area contributed by atoms with E-state index in [1.807, 2.05) is 0 Å². The van der Waals surface area contributed by atoms with Gasteiger partial charge >= 0.3 is 0 Å². The van der Waals surface area contributed by atoms with Gasteiger partial charge in [-0.2, -0.15) is 0 Å². The summed E-state index contributed by atoms with van der Waals surface area (Å²) in [6.45, 7) is 4.47. The average Bonchev–Trinajstić information content (AvgIpc) is 3.04. The standard InChI is InChI=1S/C23H24FN3O3/c24-18-8-6-16(7-9-18)20-19(21(28)17-4-2-1-3-5-17)22(29)23(30)27(20)15-14-26-12-10-25-11-13-26/h1-9,20,25,28H,10-15H2/t20-/m0/s1. The zero-order valence-corrected chi connectivity index (χ0v) is 16.6. The van der Waals surface area contributed by atoms with Crippen molar-refractivity contribution in [1.82, 2.24) is 15.1 Å². The third kappa shape index (κ3) is 3.99. The van der Waals surface area contributed by atoms with Crippen molar-refractivity contribution in [3.63, 3.8) is 0 Å². The van der Waals surface area contributed by atoms with Crippen LogP contribution in [-0.2, 0) is 9.59 Å². The Morgan fingerprint density at radius 2 is 1.67 bits per heavy atom. The highest BCUT2D eigenvalue weighted by Gasteiger charge is 2.46. The van der Waals surface area contributed by atoms with Gasteiger partial charge in [-0.3, -0.25) is 14.5 Å². The predicted molar refractivity (Wildman–Crippen MR) is 111 cm³/mol. The van der Waals surface area contributed by atoms with Gasteiger partial charge in [-0.25, -0.2) is 4.39 Å². The Labute approximate surface area is 174 Å². The number of ketones is 1. The van der Waals surface area contributed by atoms with Crippen molar-refractivity contribution in [1.29, 1.82) is 0 Å². The fourth-order valence-electron chi connectivity index (χ4n) is 4.04. The second-order valence-corrected chi connectivity index (χ2v) is 7.50. The number of hydrogen-bond donors (Lipinski definition) is 2. The molecule has 0 spiro atoms. The van der Waals surface area contributed by atoms with Crippen LogP contribution in [0.15, 0.2) is 60.2 Å². The summed E-state index contributed by atoms with van der Waals surface area (Å²) in [5, 5.41) is 14.2. The molecule has 6 nitrogen and oxygen atoms in total. The lowest BCUT2D eigenvalue weighted by Crippen LogP contribution is -2.46. The van der Waals surface area contributed by atoms with Crippen molar-refractivity contribution in [2.45, 2.75) is 6.04 Å². The molecular weight excluding hydrogens is 385 g/mol. The van der Waals surface area contributed by atoms with Gasteiger partial charge in [-0.15, -0.1) is 0 Å². The van der Waals surface area contributed by atoms with Crippen LogP contribution in [0.25, 0.3) is 5.76 Å². The molecule has 0 aliphatic carbocycles. The molecule has 7 heteroatoms. The Balaban J connectivity index is 1.72. The van der Waals surface area contributed by atoms with E-state index in [1.165, 1.54) is 17.0 Å². The van der Waals surface area contributed by atoms with Gasteiger partial charge in [0.1, 0.15) is 11.6 Å². The van der Waals surface area contributed by atoms with Crippen LogP contribution in [0.4, 0.5) is 4.39 Å². The third-order valence-electron chi connectivity index (χ3n) is 5.64. The maximum absolute atomic E-state index is 13.5. The largest absolute Gasteiger partial charge is 0.507 e. The maximum atomic E-state index is 13.5. The Hall–Kier alpha value is -3.03. The third-order valence-corrected chi connectivity index (χ3v) is 5.64. The van der Waals surface area contributed by atoms with Gasteiger partial charge in [0.2, 0.25) is 0 Å². The Kier molecular flexibility index (Phi) is 5.92. The first kappa shape index (κ1) is 20.3. The van der Waals surface area contributed by atoms with Crippen LogP contribution in [0.1, 0.15) is 17.2 Å². The minimum absolute atomic E-state index is 0.0399. The number of hydrogen-bond acceptors (Lipinski definition) is 5. The van der Waals surface area contributed by atoms with E-state index in [2.05, 4.69) is 10.2 Å². The highest BCUT2D eigenvalue weighted by Crippen LogP contribution is 2.39. The van der Waals surface area contributed by atoms with E-state index in [0.717, 1.165) is 26.2 Å². The summed E-state index contributed by atoms with van der Waals surface area (Å²) in [6.07, 6.45) is 0. The van der Waals surface area contributed by atoms with Gasteiger partial charge < -0.3 is 15.3 Å². The normalized spacial score (nSPS) is 21.9. The number of carbonyl (C=O) groups excluding carboxylic acids is 2. The molecule has 0 bridgehead atoms. The highest BCUT2D eigenvalue weighted by molar-refractivity contribution is 6.46. The van der Waals surface area contributed by atoms with Crippen molar-refractivity contribution in [3.8, 4) is 0 Å². The molecule has 2 N–H and O–H groups in total. The molecule has 30 heavy (non-hydrogen) atoms. The van der Waals surface area contributed by atoms with Gasteiger partial charge in [-0.05, 0) is 17.7 Å². The van der Waals surface area contributed by atoms with Crippen LogP contribution >= 0.6 is 0 Å². The van der Waals surface area contributed by atoms with Gasteiger partial charge in [0, 0.05) is 44.8 Å². The van der Waals surface area contributed by atoms with Crippen LogP contribution in [0.3, 0.4) is 0 Å². The molecule has 2 heterocycles. The van der Waals surface area contributed by atoms with Crippen molar-refractivity contribution < 1.29 is 19.1 Å². The first-order valence-corrected chi connectivity index (χ1v) is 10.1. The van der Waals surface area contributed by atoms with Crippen molar-refractivity contribution in [3.05, 3.63) is 77.1 Å². The van der Waals surface area contributed by atoms with Crippen molar-refractivity contribution in [2.75, 3.05) is 39.3 Å². The number of nitrogens with zero attached hydrogens (tertiary/aromatic N) is 2. The van der Waals surface area contributed by atoms with E-state index < -0.39 is 23.5 Å². The number of amides is 1. The molecule has 2 aromatic rings. The van der Waals surface area contributed by atoms with Gasteiger partial charge in [-0.1, -0.05) is 42.5 Å². The quantitative estimate of drug-likeness (QED) is 0.450. The van der Waals surface area contributed by atoms with Crippen LogP contribution in [0.2, 0.25) is 0 Å². The Morgan fingerprint density at radius 1 is 1.00 bits per heavy atom. The Morgan fingerprint density at radius 3 is 2.33 bits per heavy atom. The fourth-order valence-corrected chi connectivity index (χ4v) is 4.04. The zero-order chi connectivity index (χ0) is 21.1. The molecule has 2 aliphatic rings. The molecule has 4 rings (SSSR count). The zero-order valence-electron chi connectivity index (χ0n) is 16.6. The molecule has 1 atom stereocenters. The van der Waals surface area contributed by atoms with Gasteiger partial charge in [0.25, 0.3) is 11.7 Å². The highest BCUT2D eigenvalue weighted by atomic mass is 19.1. The number of rotatable bonds is 5. The average molecular weight is 409 g/mol. The topological polar surface area (TPSA) is 72.9 Å². The second kappa shape index (κ2) is 8.77. The van der Waals surface area contributed by atoms with E-state index in [9.17, 15) is 19.1 Å². The van der Waals surface area contributed by atoms with Crippen LogP contribution in [0, 0.1) is 5.82 Å². The molecule has 2 aliphatic heterocycles. The van der Waals surface area contributed by atoms with Crippen LogP contribution in [0.5, 0.6) is 0 Å². The molecule has 0 unspecified atom stereocenters. The number of aliphatic hydroxyl groups excluding tert-OH is 1. The molecular formula is C23H24FN3O3. The maximum Gasteiger partial charge on any atom is 0.295 e. The molecule has 0 aromatic heterocycles. The SMILES string of the molecule is O=C1C(=O)N(CCN2CCNCC2)[C@@H](c2ccc(F)cc2)C1=C(O)c1ccccc1. The van der Waals surface area contributed by atoms with E-state index in [1.54, 1.807) is 42.5 Å². The second-order valence-electron chi connectivity index (χ2n) is 7.50. The Bertz CT molecular complexity index is 953. The summed E-state index contributed by atoms with van der Waals surface area (Å²) in [7, 11) is 0. The summed E-state index contributed by atoms with van der Waals surface area (Å²) in [6, 6.07) is 13.6. The number of halogens is 1. The summed E-state index contributed by atoms with van der Waals surface area (Å²) >= 11 is 0. The van der Waals surface area contributed by atoms with E-state index >= 15 is 0 Å². The molecule has 2 saturated heterocycles. The summed E-state index contributed by atoms with van der Waals surface area (Å²) in [5.74, 6) is -1.98. The van der Waals surface area contributed by atoms with E-state index in [-0.39, 0.29) is 11.3 Å². The molecule has 0 radical (unpaired) electrons. The number of likely N-dealkylation sites (tertiary alicyclic amines) is 1. The number of benzene rings is 2. The fraction of sp³-hybridized carbons (Fsp3) is 0.304. The van der Waals surface area contributed by atoms with E-state index in [0.29, 0.717) is 24.2 Å². The lowest BCUT2D eigenvalue weighted by Gasteiger charge is -2.31. The smallest absolute Gasteiger partial charge is 0.295 e. The lowest BCUT2D eigenvalue weighted by molar-refractivity contribution is -0.140. The molecule has 0 saturated carbocycles. The van der Waals surface area contributed by atoms with Crippen molar-refractivity contribution in [2.24, 2.45) is 0 Å². The number of piperazine rings is 1. The molecule has 2 fully saturated rings. The first-order valence-electron chi connectivity index (χ1n) is 10.1. The monoisotopic (exact) mass is 409 g/mol. The number of nitrogens with one attached hydrogen (secondary N) is 1. The van der Waals surface area contributed by atoms with Gasteiger partial charge in [0.05, 0.1) is 11.6 Å². The molecule has 2 aromatic carbocycles. The van der Waals surface area contributed by atoms with Crippen LogP contribution < -0.4 is 5.32 Å². The minimum Gasteiger partial charge on any atom is -0.507 e. The minimum atomic E-state index is -0.756. The lowest BCUT2D eigenvalue weighted by atomic mass is 9.95.